The second-order valence-electron chi connectivity index (χ2n) is 1.19. The van der Waals surface area contributed by atoms with E-state index in [4.69, 9.17) is 28.1 Å². The normalized spacial score (nSPS) is 16.0. The van der Waals surface area contributed by atoms with Crippen molar-refractivity contribution in [3.63, 3.8) is 0 Å². The van der Waals surface area contributed by atoms with Crippen LogP contribution < -0.4 is 10.6 Å². The standard InChI is InChI=1S/C2H5Cl2N2O2P/c3-2(4)1-6-9(5,7)8/h1H,(H4,5,6,7,8). The molecule has 0 fully saturated rings. The van der Waals surface area contributed by atoms with Gasteiger partial charge in [0.15, 0.2) is 0 Å². The van der Waals surface area contributed by atoms with Gasteiger partial charge in [-0.05, 0) is 0 Å². The number of rotatable bonds is 2. The molecule has 4 N–H and O–H groups in total. The molecule has 7 heteroatoms. The highest BCUT2D eigenvalue weighted by Gasteiger charge is 2.04. The van der Waals surface area contributed by atoms with Crippen molar-refractivity contribution >= 4 is 30.9 Å². The zero-order valence-corrected chi connectivity index (χ0v) is 6.62. The Morgan fingerprint density at radius 2 is 2.22 bits per heavy atom. The van der Waals surface area contributed by atoms with Crippen LogP contribution in [0.25, 0.3) is 0 Å². The van der Waals surface area contributed by atoms with Gasteiger partial charge in [0.1, 0.15) is 4.49 Å². The van der Waals surface area contributed by atoms with Gasteiger partial charge in [0, 0.05) is 6.20 Å². The van der Waals surface area contributed by atoms with Gasteiger partial charge in [-0.1, -0.05) is 23.2 Å². The van der Waals surface area contributed by atoms with Gasteiger partial charge in [0.2, 0.25) is 0 Å². The van der Waals surface area contributed by atoms with Crippen molar-refractivity contribution in [2.75, 3.05) is 0 Å². The quantitative estimate of drug-likeness (QED) is 0.567. The van der Waals surface area contributed by atoms with Crippen LogP contribution in [-0.4, -0.2) is 4.89 Å². The van der Waals surface area contributed by atoms with Crippen LogP contribution in [0.4, 0.5) is 0 Å². The first-order valence-electron chi connectivity index (χ1n) is 1.82. The molecule has 1 unspecified atom stereocenters. The molecule has 1 atom stereocenters. The Kier molecular flexibility index (Phi) is 3.54. The number of hydrogen-bond acceptors (Lipinski definition) is 1. The average Bonchev–Trinajstić information content (AvgIpc) is 1.59. The van der Waals surface area contributed by atoms with Gasteiger partial charge in [-0.15, -0.1) is 0 Å². The van der Waals surface area contributed by atoms with Crippen molar-refractivity contribution in [3.05, 3.63) is 10.7 Å². The minimum absolute atomic E-state index is 0.158. The van der Waals surface area contributed by atoms with E-state index in [0.29, 0.717) is 0 Å². The smallest absolute Gasteiger partial charge is 0.318 e. The minimum atomic E-state index is -3.71. The number of hydrogen-bond donors (Lipinski definition) is 3. The van der Waals surface area contributed by atoms with Gasteiger partial charge in [-0.3, -0.25) is 0 Å². The van der Waals surface area contributed by atoms with Crippen molar-refractivity contribution in [1.29, 1.82) is 0 Å². The summed E-state index contributed by atoms with van der Waals surface area (Å²) in [4.78, 5) is 8.33. The third-order valence-corrected chi connectivity index (χ3v) is 1.08. The molecule has 0 heterocycles. The van der Waals surface area contributed by atoms with E-state index in [1.54, 1.807) is 0 Å². The first-order valence-corrected chi connectivity index (χ1v) is 4.30. The Morgan fingerprint density at radius 1 is 1.78 bits per heavy atom. The maximum absolute atomic E-state index is 10.2. The molecule has 0 aromatic heterocycles. The Labute approximate surface area is 62.2 Å². The Balaban J connectivity index is 3.79. The Hall–Kier alpha value is 0.270. The summed E-state index contributed by atoms with van der Waals surface area (Å²) in [5.41, 5.74) is 4.62. The lowest BCUT2D eigenvalue weighted by molar-refractivity contribution is 0.472. The second kappa shape index (κ2) is 3.44. The number of nitrogens with one attached hydrogen (secondary N) is 1. The van der Waals surface area contributed by atoms with Gasteiger partial charge in [0.05, 0.1) is 0 Å². The topological polar surface area (TPSA) is 75.4 Å². The highest BCUT2D eigenvalue weighted by Crippen LogP contribution is 2.23. The number of nitrogens with two attached hydrogens (primary N) is 1. The summed E-state index contributed by atoms with van der Waals surface area (Å²) in [6.45, 7) is 0. The average molecular weight is 191 g/mol. The van der Waals surface area contributed by atoms with Crippen LogP contribution in [0.3, 0.4) is 0 Å². The van der Waals surface area contributed by atoms with Crippen molar-refractivity contribution in [2.24, 2.45) is 5.50 Å². The van der Waals surface area contributed by atoms with Crippen LogP contribution in [0.1, 0.15) is 0 Å². The molecular formula is C2H5Cl2N2O2P. The zero-order valence-electron chi connectivity index (χ0n) is 4.21. The van der Waals surface area contributed by atoms with Gasteiger partial charge in [-0.2, -0.15) is 0 Å². The summed E-state index contributed by atoms with van der Waals surface area (Å²) < 4.78 is 10.0. The predicted molar refractivity (Wildman–Crippen MR) is 36.9 cm³/mol. The molecule has 0 aromatic rings. The van der Waals surface area contributed by atoms with E-state index in [0.717, 1.165) is 6.20 Å². The molecule has 54 valence electrons. The molecule has 0 saturated heterocycles. The molecule has 0 bridgehead atoms. The predicted octanol–water partition coefficient (Wildman–Crippen LogP) is 0.912. The SMILES string of the molecule is NP(=O)(O)NC=C(Cl)Cl. The van der Waals surface area contributed by atoms with Crippen molar-refractivity contribution < 1.29 is 9.46 Å². The molecule has 0 aliphatic rings. The maximum Gasteiger partial charge on any atom is 0.360 e. The van der Waals surface area contributed by atoms with Crippen LogP contribution in [0, 0.1) is 0 Å². The highest BCUT2D eigenvalue weighted by molar-refractivity contribution is 7.53. The van der Waals surface area contributed by atoms with Crippen molar-refractivity contribution in [2.45, 2.75) is 0 Å². The van der Waals surface area contributed by atoms with Crippen LogP contribution >= 0.6 is 30.9 Å². The molecule has 0 spiro atoms. The summed E-state index contributed by atoms with van der Waals surface area (Å²) >= 11 is 10.1. The molecule has 0 aromatic carbocycles. The van der Waals surface area contributed by atoms with Crippen LogP contribution in [0.2, 0.25) is 0 Å². The molecule has 0 rings (SSSR count). The van der Waals surface area contributed by atoms with E-state index >= 15 is 0 Å². The van der Waals surface area contributed by atoms with Crippen LogP contribution in [0.5, 0.6) is 0 Å². The lowest BCUT2D eigenvalue weighted by atomic mass is 11.1. The molecule has 9 heavy (non-hydrogen) atoms. The van der Waals surface area contributed by atoms with E-state index in [-0.39, 0.29) is 4.49 Å². The monoisotopic (exact) mass is 190 g/mol. The first kappa shape index (κ1) is 9.27. The summed E-state index contributed by atoms with van der Waals surface area (Å²) in [6, 6.07) is 0. The third-order valence-electron chi connectivity index (χ3n) is 0.359. The Morgan fingerprint density at radius 3 is 2.33 bits per heavy atom. The molecule has 0 radical (unpaired) electrons. The fourth-order valence-electron chi connectivity index (χ4n) is 0.141. The van der Waals surface area contributed by atoms with Gasteiger partial charge in [0.25, 0.3) is 0 Å². The van der Waals surface area contributed by atoms with Crippen LogP contribution in [0.15, 0.2) is 10.7 Å². The van der Waals surface area contributed by atoms with Gasteiger partial charge in [-0.25, -0.2) is 10.1 Å². The lowest BCUT2D eigenvalue weighted by Gasteiger charge is -2.01. The zero-order chi connectivity index (χ0) is 7.49. The van der Waals surface area contributed by atoms with E-state index < -0.39 is 7.67 Å². The Bertz CT molecular complexity index is 160. The largest absolute Gasteiger partial charge is 0.360 e. The fourth-order valence-corrected chi connectivity index (χ4v) is 0.717. The maximum atomic E-state index is 10.2. The molecular weight excluding hydrogens is 186 g/mol. The highest BCUT2D eigenvalue weighted by atomic mass is 35.5. The minimum Gasteiger partial charge on any atom is -0.318 e. The summed E-state index contributed by atoms with van der Waals surface area (Å²) in [7, 11) is -3.71. The lowest BCUT2D eigenvalue weighted by Crippen LogP contribution is -2.08. The van der Waals surface area contributed by atoms with Gasteiger partial charge >= 0.3 is 7.67 Å². The number of halogens is 2. The van der Waals surface area contributed by atoms with E-state index in [1.165, 1.54) is 0 Å². The molecule has 0 saturated carbocycles. The summed E-state index contributed by atoms with van der Waals surface area (Å²) in [5.74, 6) is 0. The second-order valence-corrected chi connectivity index (χ2v) is 3.70. The third kappa shape index (κ3) is 8.27. The summed E-state index contributed by atoms with van der Waals surface area (Å²) in [5, 5.41) is 1.88. The van der Waals surface area contributed by atoms with E-state index in [1.807, 2.05) is 5.09 Å². The first-order chi connectivity index (χ1) is 3.92. The van der Waals surface area contributed by atoms with Crippen molar-refractivity contribution in [3.8, 4) is 0 Å². The van der Waals surface area contributed by atoms with E-state index in [9.17, 15) is 4.57 Å². The van der Waals surface area contributed by atoms with Gasteiger partial charge < -0.3 is 9.98 Å². The van der Waals surface area contributed by atoms with Crippen LogP contribution in [-0.2, 0) is 4.57 Å². The van der Waals surface area contributed by atoms with E-state index in [2.05, 4.69) is 5.50 Å². The molecule has 0 aliphatic heterocycles. The van der Waals surface area contributed by atoms with Crippen molar-refractivity contribution in [1.82, 2.24) is 5.09 Å². The summed E-state index contributed by atoms with van der Waals surface area (Å²) in [6.07, 6.45) is 0.934. The molecule has 0 amide bonds. The molecule has 0 aliphatic carbocycles. The molecule has 4 nitrogen and oxygen atoms in total. The fraction of sp³-hybridized carbons (Fsp3) is 0.